The number of rotatable bonds is 6. The van der Waals surface area contributed by atoms with Crippen LogP contribution in [0.3, 0.4) is 0 Å². The molecular formula is C18H14ClN3O4S. The molecule has 7 nitrogen and oxygen atoms in total. The van der Waals surface area contributed by atoms with Crippen LogP contribution in [0.1, 0.15) is 12.0 Å². The van der Waals surface area contributed by atoms with Crippen molar-refractivity contribution in [1.82, 2.24) is 5.32 Å². The molecule has 1 saturated heterocycles. The number of carboxylic acids is 1. The number of hydrogen-bond acceptors (Lipinski definition) is 6. The van der Waals surface area contributed by atoms with E-state index in [1.807, 2.05) is 12.1 Å². The summed E-state index contributed by atoms with van der Waals surface area (Å²) in [6.45, 7) is 0. The second-order valence-corrected chi connectivity index (χ2v) is 7.10. The molecule has 27 heavy (non-hydrogen) atoms. The summed E-state index contributed by atoms with van der Waals surface area (Å²) in [4.78, 5) is 22.3. The highest BCUT2D eigenvalue weighted by Crippen LogP contribution is 2.24. The third kappa shape index (κ3) is 5.57. The molecular weight excluding hydrogens is 390 g/mol. The number of nitrogens with one attached hydrogen (secondary N) is 1. The molecule has 1 unspecified atom stereocenters. The van der Waals surface area contributed by atoms with Gasteiger partial charge in [0.1, 0.15) is 16.7 Å². The van der Waals surface area contributed by atoms with E-state index >= 15 is 0 Å². The number of hydrogen-bond donors (Lipinski definition) is 2. The van der Waals surface area contributed by atoms with Crippen molar-refractivity contribution >= 4 is 46.6 Å². The van der Waals surface area contributed by atoms with Gasteiger partial charge in [-0.2, -0.15) is 5.10 Å². The highest BCUT2D eigenvalue weighted by Gasteiger charge is 2.32. The summed E-state index contributed by atoms with van der Waals surface area (Å²) in [7, 11) is 0. The lowest BCUT2D eigenvalue weighted by atomic mass is 10.2. The summed E-state index contributed by atoms with van der Waals surface area (Å²) in [5.74, 6) is -0.0681. The van der Waals surface area contributed by atoms with Crippen LogP contribution in [0.4, 0.5) is 0 Å². The monoisotopic (exact) mass is 403 g/mol. The van der Waals surface area contributed by atoms with Gasteiger partial charge < -0.3 is 15.2 Å². The molecule has 0 bridgehead atoms. The maximum absolute atomic E-state index is 11.6. The topological polar surface area (TPSA) is 100 Å². The van der Waals surface area contributed by atoms with Gasteiger partial charge in [0.25, 0.3) is 0 Å². The Morgan fingerprint density at radius 1 is 1.19 bits per heavy atom. The number of aliphatic carboxylic acids is 1. The van der Waals surface area contributed by atoms with E-state index in [4.69, 9.17) is 21.4 Å². The first-order valence-electron chi connectivity index (χ1n) is 7.83. The molecule has 1 aliphatic heterocycles. The average Bonchev–Trinajstić information content (AvgIpc) is 2.97. The second-order valence-electron chi connectivity index (χ2n) is 5.47. The largest absolute Gasteiger partial charge is 0.481 e. The van der Waals surface area contributed by atoms with Gasteiger partial charge in [0.15, 0.2) is 5.17 Å². The Hall–Kier alpha value is -2.84. The number of nitrogens with zero attached hydrogens (tertiary/aromatic N) is 2. The van der Waals surface area contributed by atoms with Crippen molar-refractivity contribution in [3.05, 3.63) is 59.1 Å². The van der Waals surface area contributed by atoms with Gasteiger partial charge in [-0.3, -0.25) is 9.59 Å². The van der Waals surface area contributed by atoms with Crippen molar-refractivity contribution in [3.8, 4) is 11.5 Å². The van der Waals surface area contributed by atoms with Crippen LogP contribution >= 0.6 is 23.4 Å². The first kappa shape index (κ1) is 18.9. The molecule has 9 heteroatoms. The Labute approximate surface area is 164 Å². The van der Waals surface area contributed by atoms with Crippen LogP contribution in [0.15, 0.2) is 58.7 Å². The highest BCUT2D eigenvalue weighted by atomic mass is 35.5. The van der Waals surface area contributed by atoms with E-state index in [1.165, 1.54) is 6.21 Å². The standard InChI is InChI=1S/C18H14ClN3O4S/c19-12-3-7-14(8-4-12)26-13-5-1-11(2-6-13)10-20-22-18-21-17(25)15(27-18)9-16(23)24/h1-8,10,15H,9H2,(H,23,24)(H,21,22,25). The molecule has 1 heterocycles. The number of benzene rings is 2. The normalized spacial score (nSPS) is 18.0. The van der Waals surface area contributed by atoms with Gasteiger partial charge in [0.05, 0.1) is 12.6 Å². The molecule has 1 amide bonds. The van der Waals surface area contributed by atoms with E-state index < -0.39 is 11.2 Å². The van der Waals surface area contributed by atoms with Gasteiger partial charge in [-0.1, -0.05) is 23.4 Å². The zero-order valence-corrected chi connectivity index (χ0v) is 15.4. The molecule has 0 aliphatic carbocycles. The fourth-order valence-corrected chi connectivity index (χ4v) is 3.19. The molecule has 1 atom stereocenters. The molecule has 3 rings (SSSR count). The summed E-state index contributed by atoms with van der Waals surface area (Å²) in [6, 6.07) is 14.2. The molecule has 2 aromatic rings. The number of amidine groups is 1. The Morgan fingerprint density at radius 2 is 1.81 bits per heavy atom. The molecule has 0 aromatic heterocycles. The third-order valence-corrected chi connectivity index (χ3v) is 4.75. The van der Waals surface area contributed by atoms with E-state index in [-0.39, 0.29) is 17.5 Å². The lowest BCUT2D eigenvalue weighted by Gasteiger charge is -2.05. The van der Waals surface area contributed by atoms with Crippen LogP contribution in [0.25, 0.3) is 0 Å². The van der Waals surface area contributed by atoms with Crippen LogP contribution in [-0.4, -0.2) is 33.6 Å². The number of carbonyl (C=O) groups excluding carboxylic acids is 1. The minimum atomic E-state index is -1.03. The first-order chi connectivity index (χ1) is 13.0. The van der Waals surface area contributed by atoms with Crippen molar-refractivity contribution in [2.45, 2.75) is 11.7 Å². The van der Waals surface area contributed by atoms with Crippen molar-refractivity contribution in [1.29, 1.82) is 0 Å². The number of halogens is 1. The first-order valence-corrected chi connectivity index (χ1v) is 9.09. The van der Waals surface area contributed by atoms with Crippen LogP contribution in [0, 0.1) is 0 Å². The van der Waals surface area contributed by atoms with E-state index in [0.29, 0.717) is 16.5 Å². The minimum Gasteiger partial charge on any atom is -0.481 e. The maximum Gasteiger partial charge on any atom is 0.305 e. The predicted octanol–water partition coefficient (Wildman–Crippen LogP) is 3.53. The molecule has 1 fully saturated rings. The van der Waals surface area contributed by atoms with Crippen molar-refractivity contribution in [2.75, 3.05) is 0 Å². The maximum atomic E-state index is 11.6. The number of amides is 1. The van der Waals surface area contributed by atoms with Crippen LogP contribution in [0.5, 0.6) is 11.5 Å². The SMILES string of the molecule is O=C(O)CC1SC(=NN=Cc2ccc(Oc3ccc(Cl)cc3)cc2)NC1=O. The van der Waals surface area contributed by atoms with E-state index in [9.17, 15) is 9.59 Å². The lowest BCUT2D eigenvalue weighted by molar-refractivity contribution is -0.138. The van der Waals surface area contributed by atoms with E-state index in [1.54, 1.807) is 36.4 Å². The molecule has 0 saturated carbocycles. The molecule has 138 valence electrons. The van der Waals surface area contributed by atoms with Gasteiger partial charge in [0, 0.05) is 5.02 Å². The minimum absolute atomic E-state index is 0.256. The summed E-state index contributed by atoms with van der Waals surface area (Å²) in [5.41, 5.74) is 0.791. The Bertz CT molecular complexity index is 898. The Kier molecular flexibility index (Phi) is 6.10. The smallest absolute Gasteiger partial charge is 0.305 e. The summed E-state index contributed by atoms with van der Waals surface area (Å²) in [5, 5.41) is 19.3. The molecule has 1 aliphatic rings. The van der Waals surface area contributed by atoms with E-state index in [0.717, 1.165) is 17.3 Å². The fourth-order valence-electron chi connectivity index (χ4n) is 2.15. The van der Waals surface area contributed by atoms with Crippen molar-refractivity contribution in [2.24, 2.45) is 10.2 Å². The van der Waals surface area contributed by atoms with Crippen molar-refractivity contribution < 1.29 is 19.4 Å². The van der Waals surface area contributed by atoms with Crippen LogP contribution in [-0.2, 0) is 9.59 Å². The zero-order chi connectivity index (χ0) is 19.2. The predicted molar refractivity (Wildman–Crippen MR) is 105 cm³/mol. The quantitative estimate of drug-likeness (QED) is 0.567. The van der Waals surface area contributed by atoms with Gasteiger partial charge in [-0.05, 0) is 54.1 Å². The molecule has 0 radical (unpaired) electrons. The number of carbonyl (C=O) groups is 2. The Balaban J connectivity index is 1.57. The van der Waals surface area contributed by atoms with Gasteiger partial charge in [-0.25, -0.2) is 0 Å². The van der Waals surface area contributed by atoms with Crippen molar-refractivity contribution in [3.63, 3.8) is 0 Å². The Morgan fingerprint density at radius 3 is 2.44 bits per heavy atom. The number of ether oxygens (including phenoxy) is 1. The molecule has 0 spiro atoms. The second kappa shape index (κ2) is 8.70. The van der Waals surface area contributed by atoms with Crippen LogP contribution in [0.2, 0.25) is 5.02 Å². The van der Waals surface area contributed by atoms with Gasteiger partial charge in [-0.15, -0.1) is 5.10 Å². The summed E-state index contributed by atoms with van der Waals surface area (Å²) < 4.78 is 5.70. The number of thioether (sulfide) groups is 1. The molecule has 2 aromatic carbocycles. The summed E-state index contributed by atoms with van der Waals surface area (Å²) in [6.07, 6.45) is 1.27. The number of carboxylic acid groups (broad SMARTS) is 1. The van der Waals surface area contributed by atoms with Gasteiger partial charge >= 0.3 is 5.97 Å². The molecule has 2 N–H and O–H groups in total. The summed E-state index contributed by atoms with van der Waals surface area (Å²) >= 11 is 6.89. The third-order valence-electron chi connectivity index (χ3n) is 3.42. The fraction of sp³-hybridized carbons (Fsp3) is 0.111. The average molecular weight is 404 g/mol. The van der Waals surface area contributed by atoms with Crippen LogP contribution < -0.4 is 10.1 Å². The zero-order valence-electron chi connectivity index (χ0n) is 13.8. The van der Waals surface area contributed by atoms with E-state index in [2.05, 4.69) is 15.5 Å². The van der Waals surface area contributed by atoms with Gasteiger partial charge in [0.2, 0.25) is 5.91 Å². The highest BCUT2D eigenvalue weighted by molar-refractivity contribution is 8.15. The lowest BCUT2D eigenvalue weighted by Crippen LogP contribution is -2.26.